The van der Waals surface area contributed by atoms with Crippen molar-refractivity contribution in [1.82, 2.24) is 14.5 Å². The minimum absolute atomic E-state index is 0.149. The Labute approximate surface area is 156 Å². The van der Waals surface area contributed by atoms with Crippen molar-refractivity contribution >= 4 is 34.0 Å². The van der Waals surface area contributed by atoms with Gasteiger partial charge in [-0.05, 0) is 20.9 Å². The molecular weight excluding hydrogens is 357 g/mol. The van der Waals surface area contributed by atoms with Crippen LogP contribution < -0.4 is 15.5 Å². The topological polar surface area (TPSA) is 44.6 Å². The Balaban J connectivity index is 2.13. The predicted octanol–water partition coefficient (Wildman–Crippen LogP) is 1.99. The number of aryl methyl sites for hydroxylation is 1. The van der Waals surface area contributed by atoms with Crippen LogP contribution >= 0.6 is 11.6 Å². The standard InChI is InChI=1S/C18H23ClFN5O/c1-9-6-25-11(7-22(9)3)8-23(4)15-12-16(14(20)10(2)13(15)19)24(5)18(26)21-17(12)25/h9,11H,6-8H2,1-5H3. The minimum atomic E-state index is -0.453. The first kappa shape index (κ1) is 17.5. The fourth-order valence-electron chi connectivity index (χ4n) is 4.20. The Kier molecular flexibility index (Phi) is 3.93. The molecule has 26 heavy (non-hydrogen) atoms. The van der Waals surface area contributed by atoms with Gasteiger partial charge in [0.1, 0.15) is 5.82 Å². The highest BCUT2D eigenvalue weighted by Gasteiger charge is 2.37. The number of halogens is 2. The van der Waals surface area contributed by atoms with Crippen molar-refractivity contribution in [3.63, 3.8) is 0 Å². The first-order valence-corrected chi connectivity index (χ1v) is 9.16. The molecule has 8 heteroatoms. The van der Waals surface area contributed by atoms with E-state index in [4.69, 9.17) is 11.6 Å². The molecule has 6 nitrogen and oxygen atoms in total. The van der Waals surface area contributed by atoms with Crippen molar-refractivity contribution in [2.24, 2.45) is 7.05 Å². The van der Waals surface area contributed by atoms with Crippen molar-refractivity contribution < 1.29 is 4.39 Å². The average molecular weight is 380 g/mol. The van der Waals surface area contributed by atoms with Crippen LogP contribution in [-0.2, 0) is 7.05 Å². The predicted molar refractivity (Wildman–Crippen MR) is 103 cm³/mol. The van der Waals surface area contributed by atoms with Gasteiger partial charge in [-0.15, -0.1) is 0 Å². The molecule has 0 N–H and O–H groups in total. The van der Waals surface area contributed by atoms with E-state index >= 15 is 4.39 Å². The van der Waals surface area contributed by atoms with Crippen LogP contribution in [0.3, 0.4) is 0 Å². The van der Waals surface area contributed by atoms with Gasteiger partial charge < -0.3 is 9.80 Å². The molecule has 0 radical (unpaired) electrons. The van der Waals surface area contributed by atoms with Gasteiger partial charge in [0.15, 0.2) is 5.82 Å². The lowest BCUT2D eigenvalue weighted by Gasteiger charge is -2.44. The summed E-state index contributed by atoms with van der Waals surface area (Å²) in [5.74, 6) is 0.0965. The van der Waals surface area contributed by atoms with Crippen LogP contribution in [0.4, 0.5) is 15.9 Å². The number of fused-ring (bicyclic) bond motifs is 2. The Bertz CT molecular complexity index is 975. The molecular formula is C18H23ClFN5O. The molecule has 0 spiro atoms. The van der Waals surface area contributed by atoms with Gasteiger partial charge in [-0.2, -0.15) is 4.98 Å². The molecule has 2 aliphatic heterocycles. The van der Waals surface area contributed by atoms with Crippen LogP contribution in [0.5, 0.6) is 0 Å². The zero-order chi connectivity index (χ0) is 18.9. The SMILES string of the molecule is Cc1c(Cl)c2c3c(nc(=O)n(C)c3c1F)N1CC(C)N(C)CC1CN2C. The van der Waals surface area contributed by atoms with E-state index in [1.165, 1.54) is 4.57 Å². The van der Waals surface area contributed by atoms with Crippen LogP contribution in [0.2, 0.25) is 5.02 Å². The zero-order valence-electron chi connectivity index (χ0n) is 15.7. The van der Waals surface area contributed by atoms with E-state index in [0.717, 1.165) is 25.3 Å². The highest BCUT2D eigenvalue weighted by Crippen LogP contribution is 2.44. The molecule has 2 aromatic rings. The largest absolute Gasteiger partial charge is 0.371 e. The number of nitrogens with zero attached hydrogens (tertiary/aromatic N) is 5. The Morgan fingerprint density at radius 1 is 1.19 bits per heavy atom. The lowest BCUT2D eigenvalue weighted by atomic mass is 10.1. The lowest BCUT2D eigenvalue weighted by molar-refractivity contribution is 0.201. The molecule has 0 saturated carbocycles. The molecule has 2 atom stereocenters. The second-order valence-electron chi connectivity index (χ2n) is 7.58. The third-order valence-electron chi connectivity index (χ3n) is 5.89. The van der Waals surface area contributed by atoms with E-state index in [0.29, 0.717) is 27.8 Å². The smallest absolute Gasteiger partial charge is 0.349 e. The van der Waals surface area contributed by atoms with Gasteiger partial charge in [0, 0.05) is 45.3 Å². The highest BCUT2D eigenvalue weighted by atomic mass is 35.5. The van der Waals surface area contributed by atoms with Gasteiger partial charge in [0.25, 0.3) is 0 Å². The Morgan fingerprint density at radius 2 is 1.88 bits per heavy atom. The van der Waals surface area contributed by atoms with Crippen LogP contribution in [0.15, 0.2) is 4.79 Å². The summed E-state index contributed by atoms with van der Waals surface area (Å²) in [5.41, 5.74) is 0.937. The molecule has 1 saturated heterocycles. The molecule has 2 aliphatic rings. The quantitative estimate of drug-likeness (QED) is 0.700. The van der Waals surface area contributed by atoms with E-state index < -0.39 is 11.5 Å². The molecule has 2 unspecified atom stereocenters. The van der Waals surface area contributed by atoms with Gasteiger partial charge in [-0.1, -0.05) is 11.6 Å². The maximum atomic E-state index is 15.1. The summed E-state index contributed by atoms with van der Waals surface area (Å²) in [7, 11) is 5.63. The van der Waals surface area contributed by atoms with Crippen LogP contribution in [0, 0.1) is 12.7 Å². The fourth-order valence-corrected chi connectivity index (χ4v) is 4.52. The monoisotopic (exact) mass is 379 g/mol. The second-order valence-corrected chi connectivity index (χ2v) is 7.96. The van der Waals surface area contributed by atoms with Crippen molar-refractivity contribution in [2.75, 3.05) is 43.5 Å². The maximum absolute atomic E-state index is 15.1. The number of hydrogen-bond donors (Lipinski definition) is 0. The summed E-state index contributed by atoms with van der Waals surface area (Å²) in [6, 6.07) is 0.459. The molecule has 0 amide bonds. The average Bonchev–Trinajstić information content (AvgIpc) is 2.69. The summed E-state index contributed by atoms with van der Waals surface area (Å²) < 4.78 is 16.4. The van der Waals surface area contributed by atoms with Crippen molar-refractivity contribution in [2.45, 2.75) is 25.9 Å². The van der Waals surface area contributed by atoms with Crippen LogP contribution in [-0.4, -0.2) is 60.3 Å². The molecule has 1 aromatic carbocycles. The van der Waals surface area contributed by atoms with E-state index in [1.54, 1.807) is 14.0 Å². The molecule has 1 aromatic heterocycles. The first-order valence-electron chi connectivity index (χ1n) is 8.78. The minimum Gasteiger partial charge on any atom is -0.371 e. The summed E-state index contributed by atoms with van der Waals surface area (Å²) >= 11 is 6.57. The lowest BCUT2D eigenvalue weighted by Crippen LogP contribution is -2.59. The van der Waals surface area contributed by atoms with Crippen LogP contribution in [0.1, 0.15) is 12.5 Å². The van der Waals surface area contributed by atoms with Gasteiger partial charge in [0.05, 0.1) is 27.7 Å². The second kappa shape index (κ2) is 5.82. The number of benzene rings is 1. The zero-order valence-corrected chi connectivity index (χ0v) is 16.4. The Hall–Kier alpha value is -1.86. The molecule has 3 heterocycles. The van der Waals surface area contributed by atoms with Crippen molar-refractivity contribution in [3.05, 3.63) is 26.9 Å². The highest BCUT2D eigenvalue weighted by molar-refractivity contribution is 6.36. The van der Waals surface area contributed by atoms with Gasteiger partial charge >= 0.3 is 5.69 Å². The summed E-state index contributed by atoms with van der Waals surface area (Å²) in [5, 5.41) is 1.02. The van der Waals surface area contributed by atoms with E-state index in [9.17, 15) is 4.79 Å². The molecule has 1 fully saturated rings. The fraction of sp³-hybridized carbons (Fsp3) is 0.556. The number of hydrogen-bond acceptors (Lipinski definition) is 5. The molecule has 0 bridgehead atoms. The molecule has 0 aliphatic carbocycles. The normalized spacial score (nSPS) is 23.3. The number of likely N-dealkylation sites (N-methyl/N-ethyl adjacent to an activating group) is 2. The van der Waals surface area contributed by atoms with Gasteiger partial charge in [-0.3, -0.25) is 9.47 Å². The third kappa shape index (κ3) is 2.26. The molecule has 140 valence electrons. The van der Waals surface area contributed by atoms with E-state index in [1.807, 2.05) is 7.05 Å². The summed E-state index contributed by atoms with van der Waals surface area (Å²) in [6.07, 6.45) is 0. The maximum Gasteiger partial charge on any atom is 0.349 e. The van der Waals surface area contributed by atoms with Crippen LogP contribution in [0.25, 0.3) is 10.9 Å². The summed E-state index contributed by atoms with van der Waals surface area (Å²) in [4.78, 5) is 23.4. The van der Waals surface area contributed by atoms with E-state index in [-0.39, 0.29) is 11.6 Å². The third-order valence-corrected chi connectivity index (χ3v) is 6.35. The number of aromatic nitrogens is 2. The van der Waals surface area contributed by atoms with Gasteiger partial charge in [-0.25, -0.2) is 9.18 Å². The number of piperazine rings is 1. The molecule has 4 rings (SSSR count). The van der Waals surface area contributed by atoms with Gasteiger partial charge in [0.2, 0.25) is 0 Å². The van der Waals surface area contributed by atoms with E-state index in [2.05, 4.69) is 33.7 Å². The first-order chi connectivity index (χ1) is 12.2. The summed E-state index contributed by atoms with van der Waals surface area (Å²) in [6.45, 7) is 6.10. The van der Waals surface area contributed by atoms with Crippen molar-refractivity contribution in [1.29, 1.82) is 0 Å². The number of rotatable bonds is 0. The number of anilines is 2. The van der Waals surface area contributed by atoms with Crippen molar-refractivity contribution in [3.8, 4) is 0 Å². The Morgan fingerprint density at radius 3 is 2.58 bits per heavy atom.